The average molecular weight is 524 g/mol. The fraction of sp³-hybridized carbons (Fsp3) is 0.655. The van der Waals surface area contributed by atoms with Crippen LogP contribution in [-0.2, 0) is 9.59 Å². The molecule has 4 atom stereocenters. The smallest absolute Gasteiger partial charge is 0.309 e. The molecule has 9 heteroatoms. The quantitative estimate of drug-likeness (QED) is 0.471. The third-order valence-corrected chi connectivity index (χ3v) is 9.45. The molecule has 2 bridgehead atoms. The minimum Gasteiger partial charge on any atom is -0.496 e. The minimum absolute atomic E-state index is 0.0315. The Kier molecular flexibility index (Phi) is 6.79. The fourth-order valence-corrected chi connectivity index (χ4v) is 6.63. The predicted octanol–water partition coefficient (Wildman–Crippen LogP) is 3.79. The summed E-state index contributed by atoms with van der Waals surface area (Å²) in [5, 5.41) is 25.6. The second kappa shape index (κ2) is 9.79. The lowest BCUT2D eigenvalue weighted by molar-refractivity contribution is -0.150. The summed E-state index contributed by atoms with van der Waals surface area (Å²) in [5.74, 6) is -0.295. The number of methoxy groups -OCH3 is 1. The summed E-state index contributed by atoms with van der Waals surface area (Å²) in [7, 11) is 1.45. The number of carbonyl (C=O) groups is 3. The van der Waals surface area contributed by atoms with E-state index < -0.39 is 11.4 Å². The van der Waals surface area contributed by atoms with E-state index in [0.29, 0.717) is 25.7 Å². The molecule has 0 aliphatic heterocycles. The first kappa shape index (κ1) is 26.3. The highest BCUT2D eigenvalue weighted by molar-refractivity contribution is 5.98. The van der Waals surface area contributed by atoms with Gasteiger partial charge in [0.2, 0.25) is 5.91 Å². The summed E-state index contributed by atoms with van der Waals surface area (Å²) in [6, 6.07) is 4.93. The number of carboxylic acid groups (broad SMARTS) is 1. The Hall–Kier alpha value is -3.28. The Labute approximate surface area is 223 Å². The van der Waals surface area contributed by atoms with Crippen LogP contribution in [0.5, 0.6) is 11.5 Å². The maximum Gasteiger partial charge on any atom is 0.309 e. The first-order valence-electron chi connectivity index (χ1n) is 13.7. The molecule has 0 spiro atoms. The molecule has 0 saturated heterocycles. The van der Waals surface area contributed by atoms with E-state index in [-0.39, 0.29) is 69.9 Å². The van der Waals surface area contributed by atoms with Gasteiger partial charge in [-0.1, -0.05) is 0 Å². The van der Waals surface area contributed by atoms with Gasteiger partial charge in [0.1, 0.15) is 17.6 Å². The van der Waals surface area contributed by atoms with Gasteiger partial charge < -0.3 is 25.2 Å². The molecule has 1 aromatic carbocycles. The molecular weight excluding hydrogens is 486 g/mol. The number of hydrogen-bond acceptors (Lipinski definition) is 6. The number of amides is 2. The highest BCUT2D eigenvalue weighted by atomic mass is 16.5. The van der Waals surface area contributed by atoms with Crippen molar-refractivity contribution in [3.63, 3.8) is 0 Å². The number of nitriles is 1. The number of nitrogens with zero attached hydrogens (tertiary/aromatic N) is 1. The Morgan fingerprint density at radius 2 is 1.71 bits per heavy atom. The molecule has 0 heterocycles. The van der Waals surface area contributed by atoms with Gasteiger partial charge in [0.05, 0.1) is 35.7 Å². The number of ether oxygens (including phenoxy) is 2. The van der Waals surface area contributed by atoms with Crippen LogP contribution < -0.4 is 20.1 Å². The van der Waals surface area contributed by atoms with Gasteiger partial charge in [-0.3, -0.25) is 14.4 Å². The molecule has 1 aromatic rings. The monoisotopic (exact) mass is 523 g/mol. The molecule has 4 saturated carbocycles. The molecule has 4 aliphatic rings. The fourth-order valence-electron chi connectivity index (χ4n) is 6.63. The second-order valence-corrected chi connectivity index (χ2v) is 12.3. The molecular formula is C29H37N3O6. The third kappa shape index (κ3) is 4.93. The van der Waals surface area contributed by atoms with Gasteiger partial charge in [0.15, 0.2) is 0 Å². The number of rotatable bonds is 8. The van der Waals surface area contributed by atoms with Gasteiger partial charge in [0.25, 0.3) is 5.91 Å². The highest BCUT2D eigenvalue weighted by Crippen LogP contribution is 2.49. The predicted molar refractivity (Wildman–Crippen MR) is 138 cm³/mol. The number of carboxylic acids is 1. The molecule has 4 fully saturated rings. The maximum atomic E-state index is 13.6. The lowest BCUT2D eigenvalue weighted by atomic mass is 9.75. The lowest BCUT2D eigenvalue weighted by Crippen LogP contribution is -2.51. The Balaban J connectivity index is 1.34. The molecule has 2 amide bonds. The summed E-state index contributed by atoms with van der Waals surface area (Å²) >= 11 is 0. The van der Waals surface area contributed by atoms with Crippen LogP contribution >= 0.6 is 0 Å². The van der Waals surface area contributed by atoms with Gasteiger partial charge in [-0.2, -0.15) is 5.26 Å². The summed E-state index contributed by atoms with van der Waals surface area (Å²) < 4.78 is 11.6. The summed E-state index contributed by atoms with van der Waals surface area (Å²) in [6.07, 6.45) is 6.70. The van der Waals surface area contributed by atoms with Crippen molar-refractivity contribution < 1.29 is 29.0 Å². The standard InChI is InChI=1S/C29H37N3O6/c1-28(27(35)36)8-6-19(7-9-28)38-21-14-20(22(37-3)13-18(21)15-30)25(33)31-24-17-5-4-16(12-17)23(24)26(34)32-29(2)10-11-29/h13-14,16-17,19,23-24H,4-12H2,1-3H3,(H,31,33)(H,32,34)(H,35,36). The summed E-state index contributed by atoms with van der Waals surface area (Å²) in [4.78, 5) is 38.4. The van der Waals surface area contributed by atoms with E-state index >= 15 is 0 Å². The topological polar surface area (TPSA) is 138 Å². The average Bonchev–Trinajstić information content (AvgIpc) is 3.28. The van der Waals surface area contributed by atoms with Crippen LogP contribution in [0.1, 0.15) is 87.6 Å². The number of benzene rings is 1. The number of hydrogen-bond donors (Lipinski definition) is 3. The van der Waals surface area contributed by atoms with Crippen LogP contribution in [-0.4, -0.2) is 47.7 Å². The Morgan fingerprint density at radius 3 is 2.32 bits per heavy atom. The van der Waals surface area contributed by atoms with Gasteiger partial charge in [-0.25, -0.2) is 0 Å². The van der Waals surface area contributed by atoms with Crippen molar-refractivity contribution in [2.45, 2.75) is 89.3 Å². The van der Waals surface area contributed by atoms with Crippen molar-refractivity contribution in [2.75, 3.05) is 7.11 Å². The maximum absolute atomic E-state index is 13.6. The normalized spacial score (nSPS) is 32.6. The third-order valence-electron chi connectivity index (χ3n) is 9.45. The van der Waals surface area contributed by atoms with Crippen molar-refractivity contribution in [3.05, 3.63) is 23.3 Å². The van der Waals surface area contributed by atoms with E-state index in [1.807, 2.05) is 0 Å². The van der Waals surface area contributed by atoms with Crippen LogP contribution in [0.2, 0.25) is 0 Å². The zero-order valence-corrected chi connectivity index (χ0v) is 22.3. The highest BCUT2D eigenvalue weighted by Gasteiger charge is 2.53. The molecule has 9 nitrogen and oxygen atoms in total. The van der Waals surface area contributed by atoms with Crippen LogP contribution in [0.15, 0.2) is 12.1 Å². The summed E-state index contributed by atoms with van der Waals surface area (Å²) in [6.45, 7) is 3.81. The van der Waals surface area contributed by atoms with Crippen LogP contribution in [0.4, 0.5) is 0 Å². The SMILES string of the molecule is COc1cc(C#N)c(OC2CCC(C)(C(=O)O)CC2)cc1C(=O)NC1C2CCC(C2)C1C(=O)NC1(C)CC1. The molecule has 0 aromatic heterocycles. The zero-order chi connectivity index (χ0) is 27.2. The Bertz CT molecular complexity index is 1180. The molecule has 5 rings (SSSR count). The summed E-state index contributed by atoms with van der Waals surface area (Å²) in [5.41, 5.74) is -0.385. The van der Waals surface area contributed by atoms with E-state index in [9.17, 15) is 24.8 Å². The van der Waals surface area contributed by atoms with Crippen LogP contribution in [0.3, 0.4) is 0 Å². The molecule has 0 radical (unpaired) electrons. The van der Waals surface area contributed by atoms with Crippen molar-refractivity contribution in [1.29, 1.82) is 5.26 Å². The van der Waals surface area contributed by atoms with Gasteiger partial charge in [0, 0.05) is 17.6 Å². The van der Waals surface area contributed by atoms with Crippen molar-refractivity contribution in [1.82, 2.24) is 10.6 Å². The number of aliphatic carboxylic acids is 1. The van der Waals surface area contributed by atoms with Crippen LogP contribution in [0, 0.1) is 34.5 Å². The minimum atomic E-state index is -0.809. The zero-order valence-electron chi connectivity index (χ0n) is 22.3. The van der Waals surface area contributed by atoms with E-state index in [4.69, 9.17) is 9.47 Å². The molecule has 4 aliphatic carbocycles. The number of fused-ring (bicyclic) bond motifs is 2. The second-order valence-electron chi connectivity index (χ2n) is 12.3. The first-order valence-corrected chi connectivity index (χ1v) is 13.7. The molecule has 38 heavy (non-hydrogen) atoms. The van der Waals surface area contributed by atoms with Crippen molar-refractivity contribution in [3.8, 4) is 17.6 Å². The number of nitrogens with one attached hydrogen (secondary N) is 2. The van der Waals surface area contributed by atoms with E-state index in [1.165, 1.54) is 13.2 Å². The molecule has 204 valence electrons. The van der Waals surface area contributed by atoms with E-state index in [1.54, 1.807) is 13.0 Å². The van der Waals surface area contributed by atoms with Gasteiger partial charge in [-0.05, 0) is 89.5 Å². The Morgan fingerprint density at radius 1 is 1.03 bits per heavy atom. The van der Waals surface area contributed by atoms with E-state index in [2.05, 4.69) is 23.6 Å². The van der Waals surface area contributed by atoms with Crippen LogP contribution in [0.25, 0.3) is 0 Å². The molecule has 3 N–H and O–H groups in total. The number of carbonyl (C=O) groups excluding carboxylic acids is 2. The van der Waals surface area contributed by atoms with Gasteiger partial charge >= 0.3 is 5.97 Å². The first-order chi connectivity index (χ1) is 18.1. The van der Waals surface area contributed by atoms with Crippen molar-refractivity contribution in [2.24, 2.45) is 23.2 Å². The van der Waals surface area contributed by atoms with Gasteiger partial charge in [-0.15, -0.1) is 0 Å². The molecule has 4 unspecified atom stereocenters. The van der Waals surface area contributed by atoms with Crippen molar-refractivity contribution >= 4 is 17.8 Å². The lowest BCUT2D eigenvalue weighted by Gasteiger charge is -2.34. The largest absolute Gasteiger partial charge is 0.496 e. The van der Waals surface area contributed by atoms with E-state index in [0.717, 1.165) is 32.1 Å².